The predicted octanol–water partition coefficient (Wildman–Crippen LogP) is 3.58. The maximum absolute atomic E-state index is 6.12. The molecule has 0 N–H and O–H groups in total. The smallest absolute Gasteiger partial charge is 0.0829 e. The molecule has 22 heavy (non-hydrogen) atoms. The summed E-state index contributed by atoms with van der Waals surface area (Å²) in [6.45, 7) is 2.39. The van der Waals surface area contributed by atoms with E-state index >= 15 is 0 Å². The van der Waals surface area contributed by atoms with Gasteiger partial charge in [0.25, 0.3) is 0 Å². The van der Waals surface area contributed by atoms with E-state index in [0.717, 1.165) is 26.2 Å². The fraction of sp³-hybridized carbons (Fsp3) is 0.368. The molecular formula is C19H21NO2. The molecule has 3 heteroatoms. The molecule has 0 spiro atoms. The van der Waals surface area contributed by atoms with Crippen LogP contribution in [0.25, 0.3) is 0 Å². The summed E-state index contributed by atoms with van der Waals surface area (Å²) in [5.41, 5.74) is 2.57. The molecule has 4 rings (SSSR count). The predicted molar refractivity (Wildman–Crippen MR) is 85.0 cm³/mol. The van der Waals surface area contributed by atoms with Crippen LogP contribution in [0.5, 0.6) is 0 Å². The van der Waals surface area contributed by atoms with Crippen LogP contribution in [-0.4, -0.2) is 24.3 Å². The molecule has 2 aliphatic heterocycles. The number of ether oxygens (including phenoxy) is 1. The largest absolute Gasteiger partial charge is 0.372 e. The van der Waals surface area contributed by atoms with Crippen LogP contribution >= 0.6 is 0 Å². The van der Waals surface area contributed by atoms with Gasteiger partial charge < -0.3 is 4.74 Å². The van der Waals surface area contributed by atoms with Crippen LogP contribution in [0.15, 0.2) is 60.7 Å². The molecule has 2 saturated heterocycles. The van der Waals surface area contributed by atoms with Crippen molar-refractivity contribution in [2.75, 3.05) is 13.2 Å². The summed E-state index contributed by atoms with van der Waals surface area (Å²) in [5, 5.41) is 2.11. The lowest BCUT2D eigenvalue weighted by Crippen LogP contribution is -2.40. The van der Waals surface area contributed by atoms with E-state index < -0.39 is 0 Å². The van der Waals surface area contributed by atoms with Crippen molar-refractivity contribution in [3.8, 4) is 0 Å². The molecule has 0 aliphatic carbocycles. The molecule has 2 aromatic rings. The fourth-order valence-electron chi connectivity index (χ4n) is 3.46. The monoisotopic (exact) mass is 295 g/mol. The quantitative estimate of drug-likeness (QED) is 0.864. The molecular weight excluding hydrogens is 274 g/mol. The second-order valence-corrected chi connectivity index (χ2v) is 6.15. The van der Waals surface area contributed by atoms with Gasteiger partial charge in [0.1, 0.15) is 0 Å². The molecule has 2 aromatic carbocycles. The molecule has 0 aromatic heterocycles. The third-order valence-corrected chi connectivity index (χ3v) is 4.71. The van der Waals surface area contributed by atoms with E-state index in [1.54, 1.807) is 0 Å². The number of hydroxylamine groups is 2. The molecule has 2 aliphatic rings. The van der Waals surface area contributed by atoms with Gasteiger partial charge >= 0.3 is 0 Å². The van der Waals surface area contributed by atoms with Gasteiger partial charge in [0.2, 0.25) is 0 Å². The molecule has 3 atom stereocenters. The van der Waals surface area contributed by atoms with E-state index in [2.05, 4.69) is 59.7 Å². The Morgan fingerprint density at radius 3 is 2.41 bits per heavy atom. The maximum atomic E-state index is 6.12. The normalized spacial score (nSPS) is 28.5. The average Bonchev–Trinajstić information content (AvgIpc) is 2.99. The van der Waals surface area contributed by atoms with Gasteiger partial charge in [-0.2, -0.15) is 5.06 Å². The number of rotatable bonds is 3. The van der Waals surface area contributed by atoms with Crippen LogP contribution in [0, 0.1) is 5.92 Å². The SMILES string of the molecule is c1ccc(CN2OC[C@H]3C[C@@H](c4ccccc4)OC[C@H]32)cc1. The van der Waals surface area contributed by atoms with Crippen LogP contribution in [-0.2, 0) is 16.1 Å². The number of benzene rings is 2. The highest BCUT2D eigenvalue weighted by Gasteiger charge is 2.41. The average molecular weight is 295 g/mol. The van der Waals surface area contributed by atoms with Crippen molar-refractivity contribution in [1.29, 1.82) is 0 Å². The molecule has 0 amide bonds. The van der Waals surface area contributed by atoms with E-state index in [0.29, 0.717) is 12.0 Å². The standard InChI is InChI=1S/C19H21NO2/c1-3-7-15(8-4-1)12-20-18-14-21-19(11-17(18)13-22-20)16-9-5-2-6-10-16/h1-10,17-19H,11-14H2/t17-,18-,19+/m1/s1. The number of fused-ring (bicyclic) bond motifs is 1. The van der Waals surface area contributed by atoms with Crippen LogP contribution in [0.3, 0.4) is 0 Å². The van der Waals surface area contributed by atoms with Gasteiger partial charge in [0.05, 0.1) is 25.4 Å². The van der Waals surface area contributed by atoms with E-state index in [-0.39, 0.29) is 6.10 Å². The molecule has 0 radical (unpaired) electrons. The summed E-state index contributed by atoms with van der Waals surface area (Å²) in [7, 11) is 0. The van der Waals surface area contributed by atoms with Gasteiger partial charge in [0, 0.05) is 12.5 Å². The Labute approximate surface area is 131 Å². The van der Waals surface area contributed by atoms with Crippen LogP contribution in [0.4, 0.5) is 0 Å². The first kappa shape index (κ1) is 13.9. The zero-order chi connectivity index (χ0) is 14.8. The van der Waals surface area contributed by atoms with Crippen molar-refractivity contribution in [2.45, 2.75) is 25.1 Å². The number of hydrogen-bond acceptors (Lipinski definition) is 3. The van der Waals surface area contributed by atoms with Crippen LogP contribution in [0.2, 0.25) is 0 Å². The minimum Gasteiger partial charge on any atom is -0.372 e. The summed E-state index contributed by atoms with van der Waals surface area (Å²) in [6, 6.07) is 21.4. The summed E-state index contributed by atoms with van der Waals surface area (Å²) >= 11 is 0. The Hall–Kier alpha value is -1.68. The zero-order valence-corrected chi connectivity index (χ0v) is 12.6. The van der Waals surface area contributed by atoms with Crippen molar-refractivity contribution in [3.63, 3.8) is 0 Å². The number of hydrogen-bond donors (Lipinski definition) is 0. The Kier molecular flexibility index (Phi) is 3.94. The topological polar surface area (TPSA) is 21.7 Å². The number of nitrogens with zero attached hydrogens (tertiary/aromatic N) is 1. The second kappa shape index (κ2) is 6.21. The first-order valence-corrected chi connectivity index (χ1v) is 8.00. The lowest BCUT2D eigenvalue weighted by Gasteiger charge is -2.34. The Balaban J connectivity index is 1.42. The van der Waals surface area contributed by atoms with E-state index in [1.165, 1.54) is 11.1 Å². The third-order valence-electron chi connectivity index (χ3n) is 4.71. The highest BCUT2D eigenvalue weighted by Crippen LogP contribution is 2.37. The van der Waals surface area contributed by atoms with Crippen molar-refractivity contribution in [1.82, 2.24) is 5.06 Å². The molecule has 3 nitrogen and oxygen atoms in total. The van der Waals surface area contributed by atoms with Gasteiger partial charge in [-0.3, -0.25) is 4.84 Å². The van der Waals surface area contributed by atoms with Crippen LogP contribution < -0.4 is 0 Å². The summed E-state index contributed by atoms with van der Waals surface area (Å²) in [6.07, 6.45) is 1.25. The lowest BCUT2D eigenvalue weighted by atomic mass is 9.89. The van der Waals surface area contributed by atoms with Crippen molar-refractivity contribution in [2.24, 2.45) is 5.92 Å². The van der Waals surface area contributed by atoms with Gasteiger partial charge in [0.15, 0.2) is 0 Å². The van der Waals surface area contributed by atoms with Gasteiger partial charge in [-0.15, -0.1) is 0 Å². The molecule has 2 fully saturated rings. The van der Waals surface area contributed by atoms with E-state index in [4.69, 9.17) is 9.57 Å². The molecule has 114 valence electrons. The Morgan fingerprint density at radius 2 is 1.64 bits per heavy atom. The zero-order valence-electron chi connectivity index (χ0n) is 12.6. The Morgan fingerprint density at radius 1 is 0.909 bits per heavy atom. The maximum Gasteiger partial charge on any atom is 0.0829 e. The highest BCUT2D eigenvalue weighted by atomic mass is 16.7. The molecule has 2 heterocycles. The van der Waals surface area contributed by atoms with Crippen LogP contribution in [0.1, 0.15) is 23.7 Å². The van der Waals surface area contributed by atoms with Gasteiger partial charge in [-0.05, 0) is 17.5 Å². The minimum absolute atomic E-state index is 0.211. The third kappa shape index (κ3) is 2.80. The molecule has 0 unspecified atom stereocenters. The molecule has 0 bridgehead atoms. The van der Waals surface area contributed by atoms with Crippen molar-refractivity contribution < 1.29 is 9.57 Å². The van der Waals surface area contributed by atoms with Gasteiger partial charge in [-0.1, -0.05) is 60.7 Å². The first-order valence-electron chi connectivity index (χ1n) is 8.00. The van der Waals surface area contributed by atoms with E-state index in [9.17, 15) is 0 Å². The fourth-order valence-corrected chi connectivity index (χ4v) is 3.46. The first-order chi connectivity index (χ1) is 10.9. The summed E-state index contributed by atoms with van der Waals surface area (Å²) < 4.78 is 6.12. The summed E-state index contributed by atoms with van der Waals surface area (Å²) in [4.78, 5) is 5.94. The Bertz CT molecular complexity index is 601. The van der Waals surface area contributed by atoms with Gasteiger partial charge in [-0.25, -0.2) is 0 Å². The summed E-state index contributed by atoms with van der Waals surface area (Å²) in [5.74, 6) is 0.558. The lowest BCUT2D eigenvalue weighted by molar-refractivity contribution is -0.157. The minimum atomic E-state index is 0.211. The highest BCUT2D eigenvalue weighted by molar-refractivity contribution is 5.19. The van der Waals surface area contributed by atoms with Crippen molar-refractivity contribution >= 4 is 0 Å². The van der Waals surface area contributed by atoms with Crippen molar-refractivity contribution in [3.05, 3.63) is 71.8 Å². The van der Waals surface area contributed by atoms with E-state index in [1.807, 2.05) is 6.07 Å². The second-order valence-electron chi connectivity index (χ2n) is 6.15. The molecule has 0 saturated carbocycles.